The van der Waals surface area contributed by atoms with Crippen molar-refractivity contribution in [2.45, 2.75) is 5.38 Å². The molecule has 0 saturated heterocycles. The highest BCUT2D eigenvalue weighted by Gasteiger charge is 2.16. The summed E-state index contributed by atoms with van der Waals surface area (Å²) in [5, 5.41) is 7.45. The fourth-order valence-electron chi connectivity index (χ4n) is 0.472. The number of halogens is 1. The molecule has 0 radical (unpaired) electrons. The average molecular weight is 178 g/mol. The lowest BCUT2D eigenvalue weighted by atomic mass is 10.4. The van der Waals surface area contributed by atoms with Crippen LogP contribution in [0.2, 0.25) is 0 Å². The van der Waals surface area contributed by atoms with Crippen LogP contribution in [0.15, 0.2) is 11.7 Å². The lowest BCUT2D eigenvalue weighted by Gasteiger charge is -1.96. The van der Waals surface area contributed by atoms with E-state index in [2.05, 4.69) is 4.98 Å². The second kappa shape index (κ2) is 2.98. The first-order valence-electron chi connectivity index (χ1n) is 2.47. The predicted octanol–water partition coefficient (Wildman–Crippen LogP) is 1.51. The summed E-state index contributed by atoms with van der Waals surface area (Å²) in [5.74, 6) is -1.04. The Kier molecular flexibility index (Phi) is 2.24. The third kappa shape index (κ3) is 1.46. The maximum atomic E-state index is 10.2. The summed E-state index contributed by atoms with van der Waals surface area (Å²) >= 11 is 6.69. The molecule has 1 aromatic rings. The molecule has 0 aromatic carbocycles. The highest BCUT2D eigenvalue weighted by atomic mass is 35.5. The van der Waals surface area contributed by atoms with Gasteiger partial charge in [0.05, 0.1) is 10.4 Å². The average Bonchev–Trinajstić information content (AvgIpc) is 2.36. The van der Waals surface area contributed by atoms with Crippen molar-refractivity contribution in [1.82, 2.24) is 4.98 Å². The second-order valence-electron chi connectivity index (χ2n) is 1.60. The third-order valence-electron chi connectivity index (χ3n) is 0.918. The van der Waals surface area contributed by atoms with E-state index in [-0.39, 0.29) is 0 Å². The van der Waals surface area contributed by atoms with Crippen molar-refractivity contribution < 1.29 is 9.90 Å². The standard InChI is InChI=1S/C5H4ClNO2S/c6-4(5(8)9)3-1-7-2-10-3/h1-2,4H,(H,8,9). The van der Waals surface area contributed by atoms with Crippen LogP contribution in [0.4, 0.5) is 0 Å². The molecule has 1 atom stereocenters. The van der Waals surface area contributed by atoms with Crippen molar-refractivity contribution >= 4 is 28.9 Å². The first kappa shape index (κ1) is 7.50. The number of rotatable bonds is 2. The molecular formula is C5H4ClNO2S. The number of carboxylic acid groups (broad SMARTS) is 1. The van der Waals surface area contributed by atoms with E-state index in [4.69, 9.17) is 16.7 Å². The van der Waals surface area contributed by atoms with Gasteiger partial charge in [-0.25, -0.2) is 0 Å². The highest BCUT2D eigenvalue weighted by Crippen LogP contribution is 2.23. The summed E-state index contributed by atoms with van der Waals surface area (Å²) in [6.07, 6.45) is 1.45. The number of alkyl halides is 1. The van der Waals surface area contributed by atoms with E-state index in [0.717, 1.165) is 0 Å². The topological polar surface area (TPSA) is 50.2 Å². The number of nitrogens with zero attached hydrogens (tertiary/aromatic N) is 1. The van der Waals surface area contributed by atoms with Crippen LogP contribution in [0.25, 0.3) is 0 Å². The van der Waals surface area contributed by atoms with E-state index in [0.29, 0.717) is 4.88 Å². The zero-order chi connectivity index (χ0) is 7.56. The first-order valence-corrected chi connectivity index (χ1v) is 3.78. The minimum atomic E-state index is -1.04. The van der Waals surface area contributed by atoms with Gasteiger partial charge in [0.25, 0.3) is 0 Å². The van der Waals surface area contributed by atoms with Gasteiger partial charge in [-0.3, -0.25) is 9.78 Å². The molecule has 0 aliphatic heterocycles. The van der Waals surface area contributed by atoms with Crippen LogP contribution < -0.4 is 0 Å². The van der Waals surface area contributed by atoms with Gasteiger partial charge in [-0.1, -0.05) is 0 Å². The maximum absolute atomic E-state index is 10.2. The van der Waals surface area contributed by atoms with Gasteiger partial charge in [-0.15, -0.1) is 22.9 Å². The van der Waals surface area contributed by atoms with Gasteiger partial charge in [0.15, 0.2) is 5.38 Å². The molecule has 0 aliphatic carbocycles. The molecule has 10 heavy (non-hydrogen) atoms. The Labute approximate surface area is 66.3 Å². The van der Waals surface area contributed by atoms with E-state index in [1.54, 1.807) is 5.51 Å². The van der Waals surface area contributed by atoms with Gasteiger partial charge in [0.1, 0.15) is 0 Å². The van der Waals surface area contributed by atoms with Crippen LogP contribution in [0.3, 0.4) is 0 Å². The third-order valence-corrected chi connectivity index (χ3v) is 2.31. The Morgan fingerprint density at radius 1 is 1.90 bits per heavy atom. The number of carbonyl (C=O) groups is 1. The molecule has 0 saturated carbocycles. The molecule has 5 heteroatoms. The lowest BCUT2D eigenvalue weighted by Crippen LogP contribution is -2.02. The van der Waals surface area contributed by atoms with Crippen molar-refractivity contribution in [2.75, 3.05) is 0 Å². The Bertz CT molecular complexity index is 224. The first-order chi connectivity index (χ1) is 4.72. The maximum Gasteiger partial charge on any atom is 0.327 e. The number of hydrogen-bond acceptors (Lipinski definition) is 3. The molecular weight excluding hydrogens is 174 g/mol. The van der Waals surface area contributed by atoms with Crippen LogP contribution in [0.1, 0.15) is 10.3 Å². The van der Waals surface area contributed by atoms with Crippen LogP contribution in [-0.2, 0) is 4.79 Å². The van der Waals surface area contributed by atoms with Crippen LogP contribution in [-0.4, -0.2) is 16.1 Å². The van der Waals surface area contributed by atoms with Gasteiger partial charge >= 0.3 is 5.97 Å². The Morgan fingerprint density at radius 3 is 3.00 bits per heavy atom. The van der Waals surface area contributed by atoms with Gasteiger partial charge < -0.3 is 5.11 Å². The second-order valence-corrected chi connectivity index (χ2v) is 2.96. The number of thiazole rings is 1. The summed E-state index contributed by atoms with van der Waals surface area (Å²) < 4.78 is 0. The minimum absolute atomic E-state index is 0.564. The van der Waals surface area contributed by atoms with Gasteiger partial charge in [-0.05, 0) is 0 Å². The predicted molar refractivity (Wildman–Crippen MR) is 38.3 cm³/mol. The fraction of sp³-hybridized carbons (Fsp3) is 0.200. The lowest BCUT2D eigenvalue weighted by molar-refractivity contribution is -0.136. The summed E-state index contributed by atoms with van der Waals surface area (Å²) in [5.41, 5.74) is 1.55. The van der Waals surface area contributed by atoms with Crippen molar-refractivity contribution in [1.29, 1.82) is 0 Å². The summed E-state index contributed by atoms with van der Waals surface area (Å²) in [7, 11) is 0. The Balaban J connectivity index is 2.77. The summed E-state index contributed by atoms with van der Waals surface area (Å²) in [6, 6.07) is 0. The van der Waals surface area contributed by atoms with Gasteiger partial charge in [-0.2, -0.15) is 0 Å². The molecule has 0 fully saturated rings. The number of aromatic nitrogens is 1. The zero-order valence-electron chi connectivity index (χ0n) is 4.82. The molecule has 0 amide bonds. The minimum Gasteiger partial charge on any atom is -0.480 e. The van der Waals surface area contributed by atoms with Crippen LogP contribution in [0, 0.1) is 0 Å². The molecule has 1 unspecified atom stereocenters. The number of hydrogen-bond donors (Lipinski definition) is 1. The molecule has 3 nitrogen and oxygen atoms in total. The molecule has 1 rings (SSSR count). The van der Waals surface area contributed by atoms with Crippen molar-refractivity contribution in [3.63, 3.8) is 0 Å². The number of aliphatic carboxylic acids is 1. The van der Waals surface area contributed by atoms with Gasteiger partial charge in [0, 0.05) is 6.20 Å². The summed E-state index contributed by atoms with van der Waals surface area (Å²) in [4.78, 5) is 14.5. The smallest absolute Gasteiger partial charge is 0.327 e. The molecule has 1 N–H and O–H groups in total. The Hall–Kier alpha value is -0.610. The molecule has 1 aromatic heterocycles. The molecule has 1 heterocycles. The zero-order valence-corrected chi connectivity index (χ0v) is 6.39. The monoisotopic (exact) mass is 177 g/mol. The van der Waals surface area contributed by atoms with Gasteiger partial charge in [0.2, 0.25) is 0 Å². The highest BCUT2D eigenvalue weighted by molar-refractivity contribution is 7.10. The molecule has 0 aliphatic rings. The number of carboxylic acids is 1. The van der Waals surface area contributed by atoms with Crippen LogP contribution in [0.5, 0.6) is 0 Å². The molecule has 0 spiro atoms. The quantitative estimate of drug-likeness (QED) is 0.697. The van der Waals surface area contributed by atoms with E-state index in [1.807, 2.05) is 0 Å². The van der Waals surface area contributed by atoms with Crippen molar-refractivity contribution in [3.05, 3.63) is 16.6 Å². The van der Waals surface area contributed by atoms with E-state index in [1.165, 1.54) is 17.5 Å². The normalized spacial score (nSPS) is 12.9. The Morgan fingerprint density at radius 2 is 2.60 bits per heavy atom. The van der Waals surface area contributed by atoms with Crippen LogP contribution >= 0.6 is 22.9 Å². The summed E-state index contributed by atoms with van der Waals surface area (Å²) in [6.45, 7) is 0. The van der Waals surface area contributed by atoms with E-state index >= 15 is 0 Å². The largest absolute Gasteiger partial charge is 0.480 e. The molecule has 54 valence electrons. The van der Waals surface area contributed by atoms with Crippen molar-refractivity contribution in [2.24, 2.45) is 0 Å². The molecule has 0 bridgehead atoms. The fourth-order valence-corrected chi connectivity index (χ4v) is 1.27. The SMILES string of the molecule is O=C(O)C(Cl)c1cncs1. The van der Waals surface area contributed by atoms with E-state index in [9.17, 15) is 4.79 Å². The van der Waals surface area contributed by atoms with Crippen molar-refractivity contribution in [3.8, 4) is 0 Å². The van der Waals surface area contributed by atoms with E-state index < -0.39 is 11.3 Å².